The van der Waals surface area contributed by atoms with Crippen molar-refractivity contribution in [1.29, 1.82) is 0 Å². The van der Waals surface area contributed by atoms with Crippen LogP contribution >= 0.6 is 11.6 Å². The standard InChI is InChI=1S/C18H17ClN2O4/c19-16-12-14(21(23)24)6-9-17(16)25-15-7-4-13(5-8-15)18(22)20-10-2-1-3-11-20/h4-9,12H,1-3,10-11H2. The van der Waals surface area contributed by atoms with Crippen molar-refractivity contribution in [3.05, 3.63) is 63.2 Å². The van der Waals surface area contributed by atoms with E-state index in [-0.39, 0.29) is 16.6 Å². The molecule has 0 aromatic heterocycles. The quantitative estimate of drug-likeness (QED) is 0.586. The summed E-state index contributed by atoms with van der Waals surface area (Å²) in [7, 11) is 0. The van der Waals surface area contributed by atoms with E-state index >= 15 is 0 Å². The molecule has 2 aromatic rings. The number of rotatable bonds is 4. The summed E-state index contributed by atoms with van der Waals surface area (Å²) in [5.74, 6) is 0.855. The molecule has 1 heterocycles. The van der Waals surface area contributed by atoms with Crippen LogP contribution in [0.15, 0.2) is 42.5 Å². The number of carbonyl (C=O) groups is 1. The second kappa shape index (κ2) is 7.53. The second-order valence-corrected chi connectivity index (χ2v) is 6.26. The van der Waals surface area contributed by atoms with Gasteiger partial charge in [0.15, 0.2) is 0 Å². The van der Waals surface area contributed by atoms with Crippen LogP contribution in [-0.4, -0.2) is 28.8 Å². The number of nitro groups is 1. The predicted molar refractivity (Wildman–Crippen MR) is 94.4 cm³/mol. The molecule has 1 aliphatic heterocycles. The smallest absolute Gasteiger partial charge is 0.271 e. The van der Waals surface area contributed by atoms with Gasteiger partial charge in [-0.3, -0.25) is 14.9 Å². The molecule has 0 spiro atoms. The van der Waals surface area contributed by atoms with Gasteiger partial charge >= 0.3 is 0 Å². The molecule has 130 valence electrons. The number of hydrogen-bond acceptors (Lipinski definition) is 4. The summed E-state index contributed by atoms with van der Waals surface area (Å²) in [4.78, 5) is 24.5. The summed E-state index contributed by atoms with van der Waals surface area (Å²) in [5.41, 5.74) is 0.517. The molecule has 1 amide bonds. The van der Waals surface area contributed by atoms with Crippen molar-refractivity contribution >= 4 is 23.2 Å². The fourth-order valence-electron chi connectivity index (χ4n) is 2.76. The molecule has 0 radical (unpaired) electrons. The number of amides is 1. The topological polar surface area (TPSA) is 72.7 Å². The maximum absolute atomic E-state index is 12.4. The van der Waals surface area contributed by atoms with Gasteiger partial charge in [-0.25, -0.2) is 0 Å². The number of likely N-dealkylation sites (tertiary alicyclic amines) is 1. The van der Waals surface area contributed by atoms with Crippen molar-refractivity contribution in [2.45, 2.75) is 19.3 Å². The maximum Gasteiger partial charge on any atom is 0.271 e. The van der Waals surface area contributed by atoms with E-state index in [0.717, 1.165) is 25.9 Å². The summed E-state index contributed by atoms with van der Waals surface area (Å²) in [6, 6.07) is 10.8. The number of carbonyl (C=O) groups excluding carboxylic acids is 1. The minimum Gasteiger partial charge on any atom is -0.456 e. The molecule has 0 aliphatic carbocycles. The van der Waals surface area contributed by atoms with Crippen LogP contribution in [0.1, 0.15) is 29.6 Å². The van der Waals surface area contributed by atoms with Crippen LogP contribution in [0, 0.1) is 10.1 Å². The van der Waals surface area contributed by atoms with Gasteiger partial charge in [0.25, 0.3) is 11.6 Å². The Kier molecular flexibility index (Phi) is 5.19. The Balaban J connectivity index is 1.70. The van der Waals surface area contributed by atoms with E-state index in [4.69, 9.17) is 16.3 Å². The van der Waals surface area contributed by atoms with Crippen LogP contribution < -0.4 is 4.74 Å². The molecule has 0 saturated carbocycles. The van der Waals surface area contributed by atoms with E-state index < -0.39 is 4.92 Å². The van der Waals surface area contributed by atoms with Crippen molar-refractivity contribution in [1.82, 2.24) is 4.90 Å². The molecule has 1 fully saturated rings. The summed E-state index contributed by atoms with van der Waals surface area (Å²) >= 11 is 6.02. The van der Waals surface area contributed by atoms with Crippen molar-refractivity contribution in [2.75, 3.05) is 13.1 Å². The van der Waals surface area contributed by atoms with Gasteiger partial charge in [0, 0.05) is 30.8 Å². The lowest BCUT2D eigenvalue weighted by Crippen LogP contribution is -2.35. The van der Waals surface area contributed by atoms with Crippen LogP contribution in [-0.2, 0) is 0 Å². The second-order valence-electron chi connectivity index (χ2n) is 5.85. The average molecular weight is 361 g/mol. The molecule has 1 saturated heterocycles. The minimum atomic E-state index is -0.517. The Morgan fingerprint density at radius 1 is 1.08 bits per heavy atom. The van der Waals surface area contributed by atoms with Gasteiger partial charge in [0.05, 0.1) is 9.95 Å². The third kappa shape index (κ3) is 4.09. The van der Waals surface area contributed by atoms with E-state index in [2.05, 4.69) is 0 Å². The van der Waals surface area contributed by atoms with Crippen molar-refractivity contribution < 1.29 is 14.5 Å². The number of halogens is 1. The van der Waals surface area contributed by atoms with Gasteiger partial charge in [-0.2, -0.15) is 0 Å². The zero-order chi connectivity index (χ0) is 17.8. The summed E-state index contributed by atoms with van der Waals surface area (Å²) in [6.45, 7) is 1.60. The number of piperidine rings is 1. The molecule has 2 aromatic carbocycles. The van der Waals surface area contributed by atoms with E-state index in [1.807, 2.05) is 4.90 Å². The van der Waals surface area contributed by atoms with E-state index in [0.29, 0.717) is 17.1 Å². The van der Waals surface area contributed by atoms with Gasteiger partial charge in [0.2, 0.25) is 0 Å². The minimum absolute atomic E-state index is 0.0274. The first kappa shape index (κ1) is 17.2. The molecule has 0 N–H and O–H groups in total. The Morgan fingerprint density at radius 2 is 1.76 bits per heavy atom. The van der Waals surface area contributed by atoms with Crippen LogP contribution in [0.3, 0.4) is 0 Å². The first-order chi connectivity index (χ1) is 12.0. The first-order valence-corrected chi connectivity index (χ1v) is 8.43. The van der Waals surface area contributed by atoms with Gasteiger partial charge < -0.3 is 9.64 Å². The third-order valence-electron chi connectivity index (χ3n) is 4.10. The first-order valence-electron chi connectivity index (χ1n) is 8.06. The average Bonchev–Trinajstić information content (AvgIpc) is 2.64. The molecule has 1 aliphatic rings. The Bertz CT molecular complexity index is 786. The molecule has 6 nitrogen and oxygen atoms in total. The number of hydrogen-bond donors (Lipinski definition) is 0. The summed E-state index contributed by atoms with van der Waals surface area (Å²) in [5, 5.41) is 10.9. The summed E-state index contributed by atoms with van der Waals surface area (Å²) in [6.07, 6.45) is 3.27. The zero-order valence-electron chi connectivity index (χ0n) is 13.5. The maximum atomic E-state index is 12.4. The lowest BCUT2D eigenvalue weighted by molar-refractivity contribution is -0.384. The van der Waals surface area contributed by atoms with Crippen LogP contribution in [0.4, 0.5) is 5.69 Å². The largest absolute Gasteiger partial charge is 0.456 e. The van der Waals surface area contributed by atoms with E-state index in [1.165, 1.54) is 24.6 Å². The number of nitrogens with zero attached hydrogens (tertiary/aromatic N) is 2. The molecule has 0 atom stereocenters. The highest BCUT2D eigenvalue weighted by Gasteiger charge is 2.18. The third-order valence-corrected chi connectivity index (χ3v) is 4.39. The Hall–Kier alpha value is -2.60. The van der Waals surface area contributed by atoms with Crippen molar-refractivity contribution in [3.63, 3.8) is 0 Å². The summed E-state index contributed by atoms with van der Waals surface area (Å²) < 4.78 is 5.64. The molecule has 25 heavy (non-hydrogen) atoms. The van der Waals surface area contributed by atoms with Crippen LogP contribution in [0.2, 0.25) is 5.02 Å². The molecular weight excluding hydrogens is 344 g/mol. The highest BCUT2D eigenvalue weighted by atomic mass is 35.5. The van der Waals surface area contributed by atoms with Gasteiger partial charge in [-0.05, 0) is 49.6 Å². The van der Waals surface area contributed by atoms with Crippen molar-refractivity contribution in [3.8, 4) is 11.5 Å². The lowest BCUT2D eigenvalue weighted by Gasteiger charge is -2.26. The van der Waals surface area contributed by atoms with Crippen molar-refractivity contribution in [2.24, 2.45) is 0 Å². The van der Waals surface area contributed by atoms with E-state index in [9.17, 15) is 14.9 Å². The number of nitro benzene ring substituents is 1. The highest BCUT2D eigenvalue weighted by molar-refractivity contribution is 6.32. The molecular formula is C18H17ClN2O4. The Labute approximate surface area is 150 Å². The molecule has 0 unspecified atom stereocenters. The molecule has 7 heteroatoms. The van der Waals surface area contributed by atoms with Gasteiger partial charge in [0.1, 0.15) is 11.5 Å². The van der Waals surface area contributed by atoms with Crippen LogP contribution in [0.5, 0.6) is 11.5 Å². The van der Waals surface area contributed by atoms with E-state index in [1.54, 1.807) is 24.3 Å². The highest BCUT2D eigenvalue weighted by Crippen LogP contribution is 2.32. The lowest BCUT2D eigenvalue weighted by atomic mass is 10.1. The normalized spacial score (nSPS) is 14.2. The fourth-order valence-corrected chi connectivity index (χ4v) is 2.97. The van der Waals surface area contributed by atoms with Gasteiger partial charge in [-0.15, -0.1) is 0 Å². The molecule has 3 rings (SSSR count). The fraction of sp³-hybridized carbons (Fsp3) is 0.278. The molecule has 0 bridgehead atoms. The number of benzene rings is 2. The number of non-ortho nitro benzene ring substituents is 1. The number of ether oxygens (including phenoxy) is 1. The van der Waals surface area contributed by atoms with Gasteiger partial charge in [-0.1, -0.05) is 11.6 Å². The zero-order valence-corrected chi connectivity index (χ0v) is 14.2. The predicted octanol–water partition coefficient (Wildman–Crippen LogP) is 4.67. The van der Waals surface area contributed by atoms with Crippen LogP contribution in [0.25, 0.3) is 0 Å². The Morgan fingerprint density at radius 3 is 2.36 bits per heavy atom. The SMILES string of the molecule is O=C(c1ccc(Oc2ccc([N+](=O)[O-])cc2Cl)cc1)N1CCCCC1. The monoisotopic (exact) mass is 360 g/mol.